The van der Waals surface area contributed by atoms with E-state index in [0.717, 1.165) is 24.3 Å². The third-order valence-electron chi connectivity index (χ3n) is 3.62. The van der Waals surface area contributed by atoms with Crippen LogP contribution in [0.4, 0.5) is 16.2 Å². The minimum absolute atomic E-state index is 0.00336. The Morgan fingerprint density at radius 1 is 1.33 bits per heavy atom. The van der Waals surface area contributed by atoms with Gasteiger partial charge in [-0.3, -0.25) is 4.79 Å². The number of carbonyl (C=O) groups excluding carboxylic acids is 2. The van der Waals surface area contributed by atoms with Crippen LogP contribution in [-0.2, 0) is 9.53 Å². The van der Waals surface area contributed by atoms with Gasteiger partial charge >= 0.3 is 6.09 Å². The summed E-state index contributed by atoms with van der Waals surface area (Å²) < 4.78 is 5.23. The minimum atomic E-state index is -0.510. The fraction of sp³-hybridized carbons (Fsp3) is 0.556. The average Bonchev–Trinajstić information content (AvgIpc) is 2.90. The van der Waals surface area contributed by atoms with Crippen molar-refractivity contribution in [2.45, 2.75) is 52.2 Å². The lowest BCUT2D eigenvalue weighted by Gasteiger charge is -2.24. The number of para-hydroxylation sites is 2. The second-order valence-corrected chi connectivity index (χ2v) is 7.09. The molecule has 6 heteroatoms. The number of ether oxygens (including phenoxy) is 1. The molecule has 6 nitrogen and oxygen atoms in total. The van der Waals surface area contributed by atoms with Crippen molar-refractivity contribution in [1.29, 1.82) is 0 Å². The molecule has 0 saturated carbocycles. The fourth-order valence-electron chi connectivity index (χ4n) is 2.60. The second kappa shape index (κ2) is 7.55. The summed E-state index contributed by atoms with van der Waals surface area (Å²) in [6.45, 7) is 8.64. The van der Waals surface area contributed by atoms with E-state index in [4.69, 9.17) is 4.74 Å². The lowest BCUT2D eigenvalue weighted by atomic mass is 10.2. The maximum atomic E-state index is 12.0. The Morgan fingerprint density at radius 2 is 2.04 bits per heavy atom. The molecule has 1 aromatic rings. The van der Waals surface area contributed by atoms with Gasteiger partial charge in [0.1, 0.15) is 5.60 Å². The molecule has 24 heavy (non-hydrogen) atoms. The van der Waals surface area contributed by atoms with E-state index in [0.29, 0.717) is 13.0 Å². The highest BCUT2D eigenvalue weighted by atomic mass is 16.6. The molecule has 1 fully saturated rings. The zero-order valence-electron chi connectivity index (χ0n) is 14.9. The molecule has 1 heterocycles. The molecule has 0 spiro atoms. The van der Waals surface area contributed by atoms with Crippen molar-refractivity contribution < 1.29 is 14.3 Å². The summed E-state index contributed by atoms with van der Waals surface area (Å²) in [6, 6.07) is 7.75. The topological polar surface area (TPSA) is 70.7 Å². The minimum Gasteiger partial charge on any atom is -0.444 e. The van der Waals surface area contributed by atoms with Crippen molar-refractivity contribution in [1.82, 2.24) is 5.32 Å². The summed E-state index contributed by atoms with van der Waals surface area (Å²) in [6.07, 6.45) is 1.06. The smallest absolute Gasteiger partial charge is 0.407 e. The van der Waals surface area contributed by atoms with E-state index in [1.54, 1.807) is 0 Å². The summed E-state index contributed by atoms with van der Waals surface area (Å²) in [7, 11) is 0. The van der Waals surface area contributed by atoms with Crippen LogP contribution < -0.4 is 15.5 Å². The highest BCUT2D eigenvalue weighted by molar-refractivity contribution is 5.98. The van der Waals surface area contributed by atoms with Crippen molar-refractivity contribution in [3.8, 4) is 0 Å². The lowest BCUT2D eigenvalue weighted by Crippen LogP contribution is -2.38. The maximum absolute atomic E-state index is 12.0. The van der Waals surface area contributed by atoms with Crippen molar-refractivity contribution in [3.05, 3.63) is 24.3 Å². The number of anilines is 2. The van der Waals surface area contributed by atoms with Gasteiger partial charge in [0.05, 0.1) is 11.4 Å². The predicted molar refractivity (Wildman–Crippen MR) is 95.4 cm³/mol. The quantitative estimate of drug-likeness (QED) is 0.868. The van der Waals surface area contributed by atoms with E-state index in [2.05, 4.69) is 10.6 Å². The Kier molecular flexibility index (Phi) is 5.70. The highest BCUT2D eigenvalue weighted by Gasteiger charge is 2.24. The Balaban J connectivity index is 1.93. The van der Waals surface area contributed by atoms with Gasteiger partial charge in [0, 0.05) is 25.6 Å². The number of hydrogen-bond acceptors (Lipinski definition) is 4. The van der Waals surface area contributed by atoms with Gasteiger partial charge in [0.2, 0.25) is 5.91 Å². The number of alkyl carbamates (subject to hydrolysis) is 1. The average molecular weight is 333 g/mol. The van der Waals surface area contributed by atoms with Crippen LogP contribution in [0.15, 0.2) is 24.3 Å². The van der Waals surface area contributed by atoms with Crippen LogP contribution >= 0.6 is 0 Å². The van der Waals surface area contributed by atoms with E-state index in [9.17, 15) is 9.59 Å². The molecule has 2 N–H and O–H groups in total. The predicted octanol–water partition coefficient (Wildman–Crippen LogP) is 3.14. The Morgan fingerprint density at radius 3 is 2.67 bits per heavy atom. The number of nitrogens with zero attached hydrogens (tertiary/aromatic N) is 1. The molecule has 1 aliphatic rings. The zero-order chi connectivity index (χ0) is 17.7. The SMILES string of the molecule is CC(CNC(=O)OC(C)(C)C)Nc1ccccc1N1CCCC1=O. The van der Waals surface area contributed by atoms with Crippen LogP contribution in [0.3, 0.4) is 0 Å². The van der Waals surface area contributed by atoms with Gasteiger partial charge in [0.25, 0.3) is 0 Å². The van der Waals surface area contributed by atoms with Gasteiger partial charge in [-0.05, 0) is 46.2 Å². The number of amides is 2. The van der Waals surface area contributed by atoms with E-state index in [1.165, 1.54) is 0 Å². The van der Waals surface area contributed by atoms with Gasteiger partial charge in [0.15, 0.2) is 0 Å². The van der Waals surface area contributed by atoms with Crippen molar-refractivity contribution >= 4 is 23.4 Å². The van der Waals surface area contributed by atoms with Crippen molar-refractivity contribution in [2.24, 2.45) is 0 Å². The third-order valence-corrected chi connectivity index (χ3v) is 3.62. The summed E-state index contributed by atoms with van der Waals surface area (Å²) in [5.74, 6) is 0.156. The summed E-state index contributed by atoms with van der Waals surface area (Å²) in [5, 5.41) is 6.11. The van der Waals surface area contributed by atoms with E-state index < -0.39 is 11.7 Å². The second-order valence-electron chi connectivity index (χ2n) is 7.09. The molecular formula is C18H27N3O3. The normalized spacial score (nSPS) is 16.0. The molecule has 1 aromatic carbocycles. The maximum Gasteiger partial charge on any atom is 0.407 e. The number of nitrogens with one attached hydrogen (secondary N) is 2. The summed E-state index contributed by atoms with van der Waals surface area (Å²) >= 11 is 0. The van der Waals surface area contributed by atoms with Gasteiger partial charge in [-0.15, -0.1) is 0 Å². The first-order valence-electron chi connectivity index (χ1n) is 8.39. The lowest BCUT2D eigenvalue weighted by molar-refractivity contribution is -0.117. The summed E-state index contributed by atoms with van der Waals surface area (Å²) in [5.41, 5.74) is 1.28. The van der Waals surface area contributed by atoms with Crippen LogP contribution in [0.2, 0.25) is 0 Å². The molecule has 1 atom stereocenters. The monoisotopic (exact) mass is 333 g/mol. The molecule has 0 aromatic heterocycles. The molecule has 0 aliphatic carbocycles. The Bertz CT molecular complexity index is 595. The molecule has 0 radical (unpaired) electrons. The van der Waals surface area contributed by atoms with E-state index in [-0.39, 0.29) is 11.9 Å². The largest absolute Gasteiger partial charge is 0.444 e. The summed E-state index contributed by atoms with van der Waals surface area (Å²) in [4.78, 5) is 25.5. The van der Waals surface area contributed by atoms with Crippen LogP contribution in [0.5, 0.6) is 0 Å². The molecular weight excluding hydrogens is 306 g/mol. The number of hydrogen-bond donors (Lipinski definition) is 2. The highest BCUT2D eigenvalue weighted by Crippen LogP contribution is 2.29. The number of carbonyl (C=O) groups is 2. The fourth-order valence-corrected chi connectivity index (χ4v) is 2.60. The number of benzene rings is 1. The van der Waals surface area contributed by atoms with Crippen LogP contribution in [0.1, 0.15) is 40.5 Å². The van der Waals surface area contributed by atoms with E-state index in [1.807, 2.05) is 56.9 Å². The Hall–Kier alpha value is -2.24. The van der Waals surface area contributed by atoms with Gasteiger partial charge in [-0.1, -0.05) is 12.1 Å². The number of rotatable bonds is 5. The van der Waals surface area contributed by atoms with Crippen molar-refractivity contribution in [2.75, 3.05) is 23.3 Å². The van der Waals surface area contributed by atoms with Crippen molar-refractivity contribution in [3.63, 3.8) is 0 Å². The Labute approximate surface area is 143 Å². The first kappa shape index (κ1) is 18.1. The van der Waals surface area contributed by atoms with Crippen LogP contribution in [0.25, 0.3) is 0 Å². The van der Waals surface area contributed by atoms with E-state index >= 15 is 0 Å². The first-order valence-corrected chi connectivity index (χ1v) is 8.39. The molecule has 1 aliphatic heterocycles. The zero-order valence-corrected chi connectivity index (χ0v) is 14.9. The molecule has 0 bridgehead atoms. The van der Waals surface area contributed by atoms with Gasteiger partial charge < -0.3 is 20.3 Å². The molecule has 2 amide bonds. The molecule has 1 saturated heterocycles. The standard InChI is InChI=1S/C18H27N3O3/c1-13(12-19-17(23)24-18(2,3)4)20-14-8-5-6-9-15(14)21-11-7-10-16(21)22/h5-6,8-9,13,20H,7,10-12H2,1-4H3,(H,19,23). The molecule has 132 valence electrons. The van der Waals surface area contributed by atoms with Crippen LogP contribution in [0, 0.1) is 0 Å². The third kappa shape index (κ3) is 5.15. The first-order chi connectivity index (χ1) is 11.3. The molecule has 2 rings (SSSR count). The van der Waals surface area contributed by atoms with Gasteiger partial charge in [-0.2, -0.15) is 0 Å². The molecule has 1 unspecified atom stereocenters. The van der Waals surface area contributed by atoms with Crippen LogP contribution in [-0.4, -0.2) is 36.7 Å². The van der Waals surface area contributed by atoms with Gasteiger partial charge in [-0.25, -0.2) is 4.79 Å².